The first-order valence-electron chi connectivity index (χ1n) is 4.91. The van der Waals surface area contributed by atoms with E-state index in [0.717, 1.165) is 0 Å². The van der Waals surface area contributed by atoms with E-state index in [1.807, 2.05) is 6.07 Å². The number of nitriles is 1. The molecule has 0 atom stereocenters. The molecular weight excluding hydrogens is 239 g/mol. The molecule has 1 N–H and O–H groups in total. The van der Waals surface area contributed by atoms with E-state index in [4.69, 9.17) is 16.9 Å². The Morgan fingerprint density at radius 3 is 2.47 bits per heavy atom. The summed E-state index contributed by atoms with van der Waals surface area (Å²) in [6.45, 7) is 0. The Hall–Kier alpha value is -2.05. The van der Waals surface area contributed by atoms with Crippen LogP contribution < -0.4 is 5.32 Å². The summed E-state index contributed by atoms with van der Waals surface area (Å²) in [7, 11) is 0. The Balaban J connectivity index is 2.30. The van der Waals surface area contributed by atoms with Crippen molar-refractivity contribution in [2.45, 2.75) is 0 Å². The molecule has 2 aromatic carbocycles. The molecule has 0 aliphatic carbocycles. The molecule has 0 amide bonds. The van der Waals surface area contributed by atoms with Crippen molar-refractivity contribution in [1.82, 2.24) is 0 Å². The zero-order valence-electron chi connectivity index (χ0n) is 8.74. The van der Waals surface area contributed by atoms with E-state index in [2.05, 4.69) is 5.32 Å². The molecule has 2 aromatic rings. The Morgan fingerprint density at radius 2 is 1.82 bits per heavy atom. The van der Waals surface area contributed by atoms with Crippen molar-refractivity contribution in [1.29, 1.82) is 5.26 Å². The molecule has 2 nitrogen and oxygen atoms in total. The first-order valence-corrected chi connectivity index (χ1v) is 5.29. The normalized spacial score (nSPS) is 9.71. The van der Waals surface area contributed by atoms with Crippen molar-refractivity contribution in [2.24, 2.45) is 0 Å². The maximum absolute atomic E-state index is 12.7. The van der Waals surface area contributed by atoms with Crippen LogP contribution >= 0.6 is 11.6 Å². The molecule has 0 bridgehead atoms. The number of anilines is 2. The fourth-order valence-electron chi connectivity index (χ4n) is 1.41. The van der Waals surface area contributed by atoms with Crippen molar-refractivity contribution >= 4 is 23.0 Å². The van der Waals surface area contributed by atoms with Gasteiger partial charge >= 0.3 is 0 Å². The lowest BCUT2D eigenvalue weighted by Gasteiger charge is -2.08. The molecule has 84 valence electrons. The van der Waals surface area contributed by atoms with E-state index < -0.39 is 0 Å². The SMILES string of the molecule is N#Cc1cc(Cl)ccc1Nc1ccc(F)cc1. The summed E-state index contributed by atoms with van der Waals surface area (Å²) in [5.74, 6) is -0.299. The van der Waals surface area contributed by atoms with Gasteiger partial charge < -0.3 is 5.32 Å². The second-order valence-electron chi connectivity index (χ2n) is 3.43. The highest BCUT2D eigenvalue weighted by atomic mass is 35.5. The topological polar surface area (TPSA) is 35.8 Å². The number of halogens is 2. The summed E-state index contributed by atoms with van der Waals surface area (Å²) in [6, 6.07) is 12.9. The van der Waals surface area contributed by atoms with Crippen molar-refractivity contribution in [3.63, 3.8) is 0 Å². The van der Waals surface area contributed by atoms with Crippen LogP contribution in [0.1, 0.15) is 5.56 Å². The van der Waals surface area contributed by atoms with Gasteiger partial charge in [0.25, 0.3) is 0 Å². The molecule has 0 saturated carbocycles. The third kappa shape index (κ3) is 2.74. The van der Waals surface area contributed by atoms with E-state index in [1.165, 1.54) is 12.1 Å². The zero-order chi connectivity index (χ0) is 12.3. The van der Waals surface area contributed by atoms with Crippen LogP contribution in [0.2, 0.25) is 5.02 Å². The monoisotopic (exact) mass is 246 g/mol. The van der Waals surface area contributed by atoms with Gasteiger partial charge in [0.2, 0.25) is 0 Å². The smallest absolute Gasteiger partial charge is 0.123 e. The van der Waals surface area contributed by atoms with Crippen LogP contribution in [0.15, 0.2) is 42.5 Å². The molecule has 0 heterocycles. The third-order valence-corrected chi connectivity index (χ3v) is 2.46. The van der Waals surface area contributed by atoms with Gasteiger partial charge in [-0.1, -0.05) is 11.6 Å². The second kappa shape index (κ2) is 4.86. The van der Waals surface area contributed by atoms with Gasteiger partial charge in [0.05, 0.1) is 11.3 Å². The quantitative estimate of drug-likeness (QED) is 0.866. The molecule has 0 fully saturated rings. The van der Waals surface area contributed by atoms with Gasteiger partial charge in [-0.3, -0.25) is 0 Å². The lowest BCUT2D eigenvalue weighted by Crippen LogP contribution is -1.93. The molecule has 0 saturated heterocycles. The lowest BCUT2D eigenvalue weighted by molar-refractivity contribution is 0.628. The minimum atomic E-state index is -0.299. The van der Waals surface area contributed by atoms with Crippen LogP contribution in [0.4, 0.5) is 15.8 Å². The maximum atomic E-state index is 12.7. The Bertz CT molecular complexity index is 573. The molecule has 0 spiro atoms. The number of hydrogen-bond acceptors (Lipinski definition) is 2. The van der Waals surface area contributed by atoms with E-state index in [-0.39, 0.29) is 5.82 Å². The van der Waals surface area contributed by atoms with Crippen LogP contribution in [0, 0.1) is 17.1 Å². The fraction of sp³-hybridized carbons (Fsp3) is 0. The number of rotatable bonds is 2. The highest BCUT2D eigenvalue weighted by Crippen LogP contribution is 2.23. The largest absolute Gasteiger partial charge is 0.354 e. The van der Waals surface area contributed by atoms with Gasteiger partial charge in [-0.05, 0) is 42.5 Å². The molecule has 0 aromatic heterocycles. The van der Waals surface area contributed by atoms with Crippen LogP contribution in [-0.2, 0) is 0 Å². The first kappa shape index (κ1) is 11.4. The molecule has 17 heavy (non-hydrogen) atoms. The van der Waals surface area contributed by atoms with Crippen LogP contribution in [0.5, 0.6) is 0 Å². The van der Waals surface area contributed by atoms with E-state index in [9.17, 15) is 4.39 Å². The van der Waals surface area contributed by atoms with Crippen LogP contribution in [-0.4, -0.2) is 0 Å². The van der Waals surface area contributed by atoms with Crippen LogP contribution in [0.25, 0.3) is 0 Å². The number of benzene rings is 2. The minimum absolute atomic E-state index is 0.299. The minimum Gasteiger partial charge on any atom is -0.354 e. The molecule has 4 heteroatoms. The fourth-order valence-corrected chi connectivity index (χ4v) is 1.58. The lowest BCUT2D eigenvalue weighted by atomic mass is 10.2. The summed E-state index contributed by atoms with van der Waals surface area (Å²) in [6.07, 6.45) is 0. The Kier molecular flexibility index (Phi) is 3.27. The molecule has 0 unspecified atom stereocenters. The van der Waals surface area contributed by atoms with E-state index >= 15 is 0 Å². The maximum Gasteiger partial charge on any atom is 0.123 e. The van der Waals surface area contributed by atoms with Crippen molar-refractivity contribution in [2.75, 3.05) is 5.32 Å². The molecular formula is C13H8ClFN2. The number of hydrogen-bond donors (Lipinski definition) is 1. The van der Waals surface area contributed by atoms with E-state index in [1.54, 1.807) is 30.3 Å². The molecule has 0 aliphatic rings. The van der Waals surface area contributed by atoms with Gasteiger partial charge in [0.1, 0.15) is 11.9 Å². The summed E-state index contributed by atoms with van der Waals surface area (Å²) >= 11 is 5.79. The van der Waals surface area contributed by atoms with Crippen molar-refractivity contribution in [3.05, 3.63) is 58.9 Å². The van der Waals surface area contributed by atoms with Gasteiger partial charge in [0.15, 0.2) is 0 Å². The number of nitrogens with one attached hydrogen (secondary N) is 1. The number of nitrogens with zero attached hydrogens (tertiary/aromatic N) is 1. The summed E-state index contributed by atoms with van der Waals surface area (Å²) in [4.78, 5) is 0. The van der Waals surface area contributed by atoms with Gasteiger partial charge in [-0.2, -0.15) is 5.26 Å². The molecule has 2 rings (SSSR count). The molecule has 0 radical (unpaired) electrons. The van der Waals surface area contributed by atoms with E-state index in [0.29, 0.717) is 22.0 Å². The van der Waals surface area contributed by atoms with Gasteiger partial charge in [-0.15, -0.1) is 0 Å². The first-order chi connectivity index (χ1) is 8.19. The highest BCUT2D eigenvalue weighted by Gasteiger charge is 2.03. The van der Waals surface area contributed by atoms with Crippen molar-refractivity contribution in [3.8, 4) is 6.07 Å². The summed E-state index contributed by atoms with van der Waals surface area (Å²) in [5.41, 5.74) is 1.80. The third-order valence-electron chi connectivity index (χ3n) is 2.23. The summed E-state index contributed by atoms with van der Waals surface area (Å²) < 4.78 is 12.7. The zero-order valence-corrected chi connectivity index (χ0v) is 9.50. The predicted molar refractivity (Wildman–Crippen MR) is 65.8 cm³/mol. The Morgan fingerprint density at radius 1 is 1.12 bits per heavy atom. The van der Waals surface area contributed by atoms with Crippen molar-refractivity contribution < 1.29 is 4.39 Å². The standard InChI is InChI=1S/C13H8ClFN2/c14-10-1-6-13(9(7-10)8-16)17-12-4-2-11(15)3-5-12/h1-7,17H. The average molecular weight is 247 g/mol. The van der Waals surface area contributed by atoms with Gasteiger partial charge in [0, 0.05) is 10.7 Å². The average Bonchev–Trinajstić information content (AvgIpc) is 2.34. The van der Waals surface area contributed by atoms with Gasteiger partial charge in [-0.25, -0.2) is 4.39 Å². The predicted octanol–water partition coefficient (Wildman–Crippen LogP) is 4.09. The van der Waals surface area contributed by atoms with Crippen LogP contribution in [0.3, 0.4) is 0 Å². The molecule has 0 aliphatic heterocycles. The second-order valence-corrected chi connectivity index (χ2v) is 3.87. The highest BCUT2D eigenvalue weighted by molar-refractivity contribution is 6.30. The Labute approximate surface area is 103 Å². The summed E-state index contributed by atoms with van der Waals surface area (Å²) in [5, 5.41) is 12.5.